The van der Waals surface area contributed by atoms with Crippen LogP contribution in [0.1, 0.15) is 23.0 Å². The Labute approximate surface area is 184 Å². The summed E-state index contributed by atoms with van der Waals surface area (Å²) in [6.45, 7) is 2.48. The van der Waals surface area contributed by atoms with E-state index in [1.807, 2.05) is 0 Å². The van der Waals surface area contributed by atoms with Crippen LogP contribution in [0.2, 0.25) is 0 Å². The first-order chi connectivity index (χ1) is 15.0. The molecule has 0 atom stereocenters. The van der Waals surface area contributed by atoms with E-state index >= 15 is 0 Å². The SMILES string of the molecule is CCOC(=O)c1ccc(NC(=O)CSc2ncc(CO)n2CC(=O)NCCOC)cc1. The Morgan fingerprint density at radius 3 is 2.58 bits per heavy atom. The van der Waals surface area contributed by atoms with Gasteiger partial charge >= 0.3 is 5.97 Å². The molecule has 2 rings (SSSR count). The van der Waals surface area contributed by atoms with Crippen LogP contribution in [0.4, 0.5) is 5.69 Å². The molecular weight excluding hydrogens is 424 g/mol. The Morgan fingerprint density at radius 1 is 1.19 bits per heavy atom. The van der Waals surface area contributed by atoms with E-state index in [4.69, 9.17) is 9.47 Å². The molecule has 0 aliphatic rings. The van der Waals surface area contributed by atoms with Crippen molar-refractivity contribution in [3.63, 3.8) is 0 Å². The van der Waals surface area contributed by atoms with Crippen LogP contribution in [0.3, 0.4) is 0 Å². The van der Waals surface area contributed by atoms with E-state index < -0.39 is 5.97 Å². The van der Waals surface area contributed by atoms with E-state index in [1.54, 1.807) is 42.9 Å². The summed E-state index contributed by atoms with van der Waals surface area (Å²) in [7, 11) is 1.54. The fourth-order valence-electron chi connectivity index (χ4n) is 2.53. The number of carbonyl (C=O) groups excluding carboxylic acids is 3. The summed E-state index contributed by atoms with van der Waals surface area (Å²) >= 11 is 1.15. The molecule has 168 valence electrons. The molecule has 0 bridgehead atoms. The van der Waals surface area contributed by atoms with E-state index in [9.17, 15) is 19.5 Å². The Morgan fingerprint density at radius 2 is 1.94 bits per heavy atom. The molecule has 2 amide bonds. The average Bonchev–Trinajstić information content (AvgIpc) is 3.14. The second-order valence-electron chi connectivity index (χ2n) is 6.25. The van der Waals surface area contributed by atoms with Crippen LogP contribution in [-0.4, -0.2) is 65.1 Å². The highest BCUT2D eigenvalue weighted by molar-refractivity contribution is 7.99. The Balaban J connectivity index is 1.92. The first kappa shape index (κ1) is 24.4. The van der Waals surface area contributed by atoms with Crippen molar-refractivity contribution in [2.24, 2.45) is 0 Å². The van der Waals surface area contributed by atoms with Crippen LogP contribution < -0.4 is 10.6 Å². The molecule has 11 heteroatoms. The lowest BCUT2D eigenvalue weighted by molar-refractivity contribution is -0.122. The third-order valence-electron chi connectivity index (χ3n) is 4.01. The maximum Gasteiger partial charge on any atom is 0.338 e. The van der Waals surface area contributed by atoms with Crippen molar-refractivity contribution < 1.29 is 29.0 Å². The van der Waals surface area contributed by atoms with Crippen LogP contribution in [0.5, 0.6) is 0 Å². The number of anilines is 1. The Bertz CT molecular complexity index is 884. The highest BCUT2D eigenvalue weighted by Crippen LogP contribution is 2.19. The topological polar surface area (TPSA) is 132 Å². The van der Waals surface area contributed by atoms with Crippen molar-refractivity contribution in [1.82, 2.24) is 14.9 Å². The predicted octanol–water partition coefficient (Wildman–Crippen LogP) is 1.05. The predicted molar refractivity (Wildman–Crippen MR) is 115 cm³/mol. The molecule has 0 spiro atoms. The largest absolute Gasteiger partial charge is 0.462 e. The molecule has 31 heavy (non-hydrogen) atoms. The van der Waals surface area contributed by atoms with E-state index in [1.165, 1.54) is 6.20 Å². The average molecular weight is 451 g/mol. The van der Waals surface area contributed by atoms with Crippen LogP contribution >= 0.6 is 11.8 Å². The molecule has 2 aromatic rings. The number of thioether (sulfide) groups is 1. The smallest absolute Gasteiger partial charge is 0.338 e. The van der Waals surface area contributed by atoms with E-state index in [2.05, 4.69) is 15.6 Å². The molecule has 1 aromatic carbocycles. The minimum atomic E-state index is -0.422. The Kier molecular flexibility index (Phi) is 10.0. The zero-order chi connectivity index (χ0) is 22.6. The van der Waals surface area contributed by atoms with E-state index in [0.29, 0.717) is 35.3 Å². The minimum Gasteiger partial charge on any atom is -0.462 e. The summed E-state index contributed by atoms with van der Waals surface area (Å²) in [4.78, 5) is 40.2. The van der Waals surface area contributed by atoms with Crippen LogP contribution in [0.15, 0.2) is 35.6 Å². The van der Waals surface area contributed by atoms with Crippen molar-refractivity contribution in [2.45, 2.75) is 25.2 Å². The minimum absolute atomic E-state index is 0.0289. The van der Waals surface area contributed by atoms with Crippen LogP contribution in [-0.2, 0) is 32.2 Å². The highest BCUT2D eigenvalue weighted by Gasteiger charge is 2.15. The third kappa shape index (κ3) is 7.70. The number of hydrogen-bond donors (Lipinski definition) is 3. The number of rotatable bonds is 12. The molecule has 0 saturated heterocycles. The van der Waals surface area contributed by atoms with E-state index in [-0.39, 0.29) is 37.3 Å². The summed E-state index contributed by atoms with van der Waals surface area (Å²) in [5, 5.41) is 15.4. The van der Waals surface area contributed by atoms with Gasteiger partial charge in [-0.3, -0.25) is 9.59 Å². The molecule has 1 aromatic heterocycles. The number of amides is 2. The summed E-state index contributed by atoms with van der Waals surface area (Å²) in [5.41, 5.74) is 1.41. The van der Waals surface area contributed by atoms with Crippen LogP contribution in [0, 0.1) is 0 Å². The number of hydrogen-bond acceptors (Lipinski definition) is 8. The quantitative estimate of drug-likeness (QED) is 0.248. The first-order valence-corrected chi connectivity index (χ1v) is 10.6. The maximum atomic E-state index is 12.3. The Hall–Kier alpha value is -2.89. The van der Waals surface area contributed by atoms with Crippen molar-refractivity contribution >= 4 is 35.2 Å². The number of methoxy groups -OCH3 is 1. The van der Waals surface area contributed by atoms with Gasteiger partial charge < -0.3 is 29.8 Å². The molecular formula is C20H26N4O6S. The molecule has 0 radical (unpaired) electrons. The molecule has 0 saturated carbocycles. The second kappa shape index (κ2) is 12.7. The molecule has 0 unspecified atom stereocenters. The van der Waals surface area contributed by atoms with Gasteiger partial charge in [-0.15, -0.1) is 0 Å². The van der Waals surface area contributed by atoms with Gasteiger partial charge in [-0.25, -0.2) is 9.78 Å². The molecule has 1 heterocycles. The lowest BCUT2D eigenvalue weighted by Gasteiger charge is -2.11. The van der Waals surface area contributed by atoms with Crippen molar-refractivity contribution in [1.29, 1.82) is 0 Å². The van der Waals surface area contributed by atoms with Gasteiger partial charge in [0.05, 0.1) is 43.0 Å². The summed E-state index contributed by atoms with van der Waals surface area (Å²) in [5.74, 6) is -0.905. The van der Waals surface area contributed by atoms with Gasteiger partial charge in [-0.05, 0) is 31.2 Å². The van der Waals surface area contributed by atoms with Crippen molar-refractivity contribution in [3.8, 4) is 0 Å². The lowest BCUT2D eigenvalue weighted by Crippen LogP contribution is -2.31. The molecule has 0 fully saturated rings. The highest BCUT2D eigenvalue weighted by atomic mass is 32.2. The van der Waals surface area contributed by atoms with Gasteiger partial charge in [0.15, 0.2) is 5.16 Å². The number of nitrogens with one attached hydrogen (secondary N) is 2. The number of aliphatic hydroxyl groups is 1. The number of aromatic nitrogens is 2. The maximum absolute atomic E-state index is 12.3. The number of imidazole rings is 1. The van der Waals surface area contributed by atoms with Gasteiger partial charge in [0.25, 0.3) is 0 Å². The van der Waals surface area contributed by atoms with Gasteiger partial charge in [-0.1, -0.05) is 11.8 Å². The third-order valence-corrected chi connectivity index (χ3v) is 5.00. The molecule has 0 aliphatic heterocycles. The zero-order valence-electron chi connectivity index (χ0n) is 17.4. The number of esters is 1. The lowest BCUT2D eigenvalue weighted by atomic mass is 10.2. The van der Waals surface area contributed by atoms with Gasteiger partial charge in [0, 0.05) is 19.3 Å². The van der Waals surface area contributed by atoms with Crippen molar-refractivity contribution in [2.75, 3.05) is 37.9 Å². The van der Waals surface area contributed by atoms with Gasteiger partial charge in [-0.2, -0.15) is 0 Å². The number of carbonyl (C=O) groups is 3. The van der Waals surface area contributed by atoms with E-state index in [0.717, 1.165) is 11.8 Å². The standard InChI is InChI=1S/C20H26N4O6S/c1-3-30-19(28)14-4-6-15(7-5-14)23-18(27)13-31-20-22-10-16(12-25)24(20)11-17(26)21-8-9-29-2/h4-7,10,25H,3,8-9,11-13H2,1-2H3,(H,21,26)(H,23,27). The van der Waals surface area contributed by atoms with Gasteiger partial charge in [0.1, 0.15) is 6.54 Å². The number of nitrogens with zero attached hydrogens (tertiary/aromatic N) is 2. The van der Waals surface area contributed by atoms with Crippen LogP contribution in [0.25, 0.3) is 0 Å². The summed E-state index contributed by atoms with van der Waals surface area (Å²) in [6.07, 6.45) is 1.47. The molecule has 0 aliphatic carbocycles. The number of aliphatic hydroxyl groups excluding tert-OH is 1. The normalized spacial score (nSPS) is 10.5. The molecule has 10 nitrogen and oxygen atoms in total. The van der Waals surface area contributed by atoms with Gasteiger partial charge in [0.2, 0.25) is 11.8 Å². The first-order valence-electron chi connectivity index (χ1n) is 9.59. The fraction of sp³-hybridized carbons (Fsp3) is 0.400. The zero-order valence-corrected chi connectivity index (χ0v) is 18.2. The second-order valence-corrected chi connectivity index (χ2v) is 7.20. The molecule has 3 N–H and O–H groups in total. The number of ether oxygens (including phenoxy) is 2. The fourth-order valence-corrected chi connectivity index (χ4v) is 3.32. The van der Waals surface area contributed by atoms with Crippen molar-refractivity contribution in [3.05, 3.63) is 41.7 Å². The monoisotopic (exact) mass is 450 g/mol. The number of benzene rings is 1. The summed E-state index contributed by atoms with van der Waals surface area (Å²) in [6, 6.07) is 6.38. The summed E-state index contributed by atoms with van der Waals surface area (Å²) < 4.78 is 11.4.